The summed E-state index contributed by atoms with van der Waals surface area (Å²) in [6.07, 6.45) is -2.05. The average Bonchev–Trinajstić information content (AvgIpc) is 3.55. The molecule has 0 aliphatic carbocycles. The number of β-lactam (4-membered cyclic amide) rings is 1. The van der Waals surface area contributed by atoms with Crippen LogP contribution in [0.3, 0.4) is 0 Å². The number of rotatable bonds is 11. The first kappa shape index (κ1) is 32.6. The van der Waals surface area contributed by atoms with Crippen molar-refractivity contribution >= 4 is 35.5 Å². The van der Waals surface area contributed by atoms with Crippen LogP contribution in [-0.2, 0) is 35.6 Å². The maximum atomic E-state index is 14.3. The summed E-state index contributed by atoms with van der Waals surface area (Å²) in [6.45, 7) is -0.113. The number of aromatic nitrogens is 4. The van der Waals surface area contributed by atoms with Crippen molar-refractivity contribution in [3.63, 3.8) is 0 Å². The predicted octanol–water partition coefficient (Wildman–Crippen LogP) is 2.65. The van der Waals surface area contributed by atoms with Gasteiger partial charge in [-0.3, -0.25) is 14.5 Å². The third kappa shape index (κ3) is 5.94. The van der Waals surface area contributed by atoms with Gasteiger partial charge in [-0.25, -0.2) is 14.3 Å². The molecular formula is C33H30N6O8S. The van der Waals surface area contributed by atoms with Crippen LogP contribution in [0.2, 0.25) is 0 Å². The topological polar surface area (TPSA) is 164 Å². The van der Waals surface area contributed by atoms with Crippen molar-refractivity contribution in [3.8, 4) is 0 Å². The van der Waals surface area contributed by atoms with Crippen LogP contribution in [0.15, 0.2) is 101 Å². The van der Waals surface area contributed by atoms with Gasteiger partial charge in [0.2, 0.25) is 5.16 Å². The molecular weight excluding hydrogens is 640 g/mol. The lowest BCUT2D eigenvalue weighted by atomic mass is 9.93. The summed E-state index contributed by atoms with van der Waals surface area (Å²) in [5.74, 6) is -2.90. The number of esters is 2. The van der Waals surface area contributed by atoms with Gasteiger partial charge < -0.3 is 24.3 Å². The zero-order valence-electron chi connectivity index (χ0n) is 26.1. The van der Waals surface area contributed by atoms with Gasteiger partial charge >= 0.3 is 11.9 Å². The van der Waals surface area contributed by atoms with Crippen LogP contribution in [0.25, 0.3) is 0 Å². The van der Waals surface area contributed by atoms with Crippen LogP contribution in [0.5, 0.6) is 0 Å². The lowest BCUT2D eigenvalue weighted by Gasteiger charge is -2.55. The number of fused-ring (bicyclic) bond motifs is 1. The Labute approximate surface area is 279 Å². The molecule has 1 N–H and O–H groups in total. The standard InChI is InChI=1S/C33H30N6O8S/c1-38-32(35-36-37-38)48-19-22-18-46-31-33(45-3,34-27(40)23-16-10-11-17-24(23)28(41)44-2)30(43)39(31)25(22)29(42)47-26(20-12-6-4-7-13-20)21-14-8-5-9-15-21/h4-17,26,31H,18-19H2,1-3H3,(H,34,40)/t31-,33+/m1/s1. The van der Waals surface area contributed by atoms with E-state index in [-0.39, 0.29) is 29.2 Å². The minimum absolute atomic E-state index is 0.00783. The number of aryl methyl sites for hydroxylation is 1. The summed E-state index contributed by atoms with van der Waals surface area (Å²) in [4.78, 5) is 55.4. The second-order valence-corrected chi connectivity index (χ2v) is 11.6. The Morgan fingerprint density at radius 3 is 2.17 bits per heavy atom. The Bertz CT molecular complexity index is 1850. The maximum Gasteiger partial charge on any atom is 0.356 e. The van der Waals surface area contributed by atoms with Gasteiger partial charge in [0, 0.05) is 19.9 Å². The summed E-state index contributed by atoms with van der Waals surface area (Å²) < 4.78 is 24.2. The Balaban J connectivity index is 1.34. The van der Waals surface area contributed by atoms with Crippen LogP contribution in [0, 0.1) is 0 Å². The molecule has 1 aromatic heterocycles. The fraction of sp³-hybridized carbons (Fsp3) is 0.242. The molecule has 2 aliphatic rings. The summed E-state index contributed by atoms with van der Waals surface area (Å²) in [6, 6.07) is 24.4. The van der Waals surface area contributed by atoms with Gasteiger partial charge in [0.25, 0.3) is 17.5 Å². The van der Waals surface area contributed by atoms with E-state index in [4.69, 9.17) is 18.9 Å². The molecule has 1 saturated heterocycles. The molecule has 1 fully saturated rings. The quantitative estimate of drug-likeness (QED) is 0.108. The van der Waals surface area contributed by atoms with Crippen LogP contribution < -0.4 is 5.32 Å². The molecule has 15 heteroatoms. The molecule has 246 valence electrons. The van der Waals surface area contributed by atoms with Gasteiger partial charge in [-0.15, -0.1) is 5.10 Å². The first-order valence-corrected chi connectivity index (χ1v) is 15.7. The highest BCUT2D eigenvalue weighted by molar-refractivity contribution is 7.99. The molecule has 0 saturated carbocycles. The lowest BCUT2D eigenvalue weighted by molar-refractivity contribution is -0.256. The number of methoxy groups -OCH3 is 2. The van der Waals surface area contributed by atoms with Crippen LogP contribution in [-0.4, -0.2) is 87.4 Å². The van der Waals surface area contributed by atoms with Gasteiger partial charge in [-0.1, -0.05) is 84.6 Å². The van der Waals surface area contributed by atoms with E-state index in [2.05, 4.69) is 20.8 Å². The fourth-order valence-electron chi connectivity index (χ4n) is 5.49. The SMILES string of the molecule is COC(=O)c1ccccc1C(=O)N[C@]1(OC)C(=O)N2C(C(=O)OC(c3ccccc3)c3ccccc3)=C(CSc3nnnn3C)CO[C@@H]21. The third-order valence-corrected chi connectivity index (χ3v) is 8.98. The first-order valence-electron chi connectivity index (χ1n) is 14.7. The van der Waals surface area contributed by atoms with Crippen LogP contribution in [0.1, 0.15) is 37.9 Å². The minimum Gasteiger partial charge on any atom is -0.465 e. The number of benzene rings is 3. The maximum absolute atomic E-state index is 14.3. The fourth-order valence-corrected chi connectivity index (χ4v) is 6.33. The van der Waals surface area contributed by atoms with Crippen molar-refractivity contribution < 1.29 is 38.1 Å². The Morgan fingerprint density at radius 2 is 1.58 bits per heavy atom. The minimum atomic E-state index is -2.02. The highest BCUT2D eigenvalue weighted by Crippen LogP contribution is 2.42. The van der Waals surface area contributed by atoms with E-state index in [0.29, 0.717) is 10.7 Å². The summed E-state index contributed by atoms with van der Waals surface area (Å²) in [5, 5.41) is 14.6. The zero-order valence-corrected chi connectivity index (χ0v) is 26.9. The lowest BCUT2D eigenvalue weighted by Crippen LogP contribution is -2.82. The highest BCUT2D eigenvalue weighted by Gasteiger charge is 2.68. The molecule has 6 rings (SSSR count). The van der Waals surface area contributed by atoms with E-state index in [0.717, 1.165) is 16.0 Å². The van der Waals surface area contributed by atoms with E-state index >= 15 is 0 Å². The largest absolute Gasteiger partial charge is 0.465 e. The summed E-state index contributed by atoms with van der Waals surface area (Å²) >= 11 is 1.24. The number of hydrogen-bond acceptors (Lipinski definition) is 12. The number of amides is 2. The van der Waals surface area contributed by atoms with Gasteiger partial charge in [0.05, 0.1) is 24.8 Å². The molecule has 4 aromatic rings. The monoisotopic (exact) mass is 670 g/mol. The Hall–Kier alpha value is -5.38. The molecule has 2 amide bonds. The molecule has 14 nitrogen and oxygen atoms in total. The summed E-state index contributed by atoms with van der Waals surface area (Å²) in [7, 11) is 4.11. The zero-order chi connectivity index (χ0) is 33.8. The summed E-state index contributed by atoms with van der Waals surface area (Å²) in [5.41, 5.74) is -0.235. The van der Waals surface area contributed by atoms with E-state index < -0.39 is 41.8 Å². The van der Waals surface area contributed by atoms with E-state index in [1.54, 1.807) is 19.2 Å². The van der Waals surface area contributed by atoms with E-state index in [1.807, 2.05) is 60.7 Å². The van der Waals surface area contributed by atoms with Gasteiger partial charge in [0.15, 0.2) is 12.3 Å². The van der Waals surface area contributed by atoms with Crippen LogP contribution in [0.4, 0.5) is 0 Å². The number of tetrazole rings is 1. The van der Waals surface area contributed by atoms with Crippen molar-refractivity contribution in [1.82, 2.24) is 30.4 Å². The van der Waals surface area contributed by atoms with Gasteiger partial charge in [-0.2, -0.15) is 0 Å². The number of carbonyl (C=O) groups excluding carboxylic acids is 4. The van der Waals surface area contributed by atoms with Crippen molar-refractivity contribution in [3.05, 3.63) is 118 Å². The Kier molecular flexibility index (Phi) is 9.34. The molecule has 0 radical (unpaired) electrons. The number of nitrogens with one attached hydrogen (secondary N) is 1. The number of carbonyl (C=O) groups is 4. The molecule has 3 heterocycles. The molecule has 0 spiro atoms. The molecule has 0 bridgehead atoms. The van der Waals surface area contributed by atoms with Crippen molar-refractivity contribution in [2.24, 2.45) is 7.05 Å². The number of ether oxygens (including phenoxy) is 4. The second-order valence-electron chi connectivity index (χ2n) is 10.7. The number of nitrogens with zero attached hydrogens (tertiary/aromatic N) is 5. The van der Waals surface area contributed by atoms with E-state index in [9.17, 15) is 19.2 Å². The molecule has 3 aromatic carbocycles. The van der Waals surface area contributed by atoms with Crippen molar-refractivity contribution in [2.75, 3.05) is 26.6 Å². The smallest absolute Gasteiger partial charge is 0.356 e. The number of hydrogen-bond donors (Lipinski definition) is 1. The van der Waals surface area contributed by atoms with Crippen molar-refractivity contribution in [1.29, 1.82) is 0 Å². The molecule has 2 aliphatic heterocycles. The highest BCUT2D eigenvalue weighted by atomic mass is 32.2. The predicted molar refractivity (Wildman–Crippen MR) is 169 cm³/mol. The Morgan fingerprint density at radius 1 is 0.958 bits per heavy atom. The molecule has 48 heavy (non-hydrogen) atoms. The second kappa shape index (κ2) is 13.8. The first-order chi connectivity index (χ1) is 23.3. The van der Waals surface area contributed by atoms with Gasteiger partial charge in [0.1, 0.15) is 5.70 Å². The molecule has 2 atom stereocenters. The van der Waals surface area contributed by atoms with E-state index in [1.165, 1.54) is 42.8 Å². The van der Waals surface area contributed by atoms with Crippen LogP contribution >= 0.6 is 11.8 Å². The van der Waals surface area contributed by atoms with Crippen molar-refractivity contribution in [2.45, 2.75) is 23.2 Å². The third-order valence-electron chi connectivity index (χ3n) is 7.89. The normalized spacial score (nSPS) is 18.6. The van der Waals surface area contributed by atoms with Gasteiger partial charge in [-0.05, 0) is 39.3 Å². The average molecular weight is 671 g/mol. The number of thioether (sulfide) groups is 1. The molecule has 0 unspecified atom stereocenters.